The average Bonchev–Trinajstić information content (AvgIpc) is 3.15. The molecule has 2 aliphatic rings. The van der Waals surface area contributed by atoms with Crippen LogP contribution in [-0.2, 0) is 20.9 Å². The van der Waals surface area contributed by atoms with Crippen LogP contribution in [0.1, 0.15) is 29.2 Å². The van der Waals surface area contributed by atoms with E-state index in [4.69, 9.17) is 0 Å². The third kappa shape index (κ3) is 3.33. The normalized spacial score (nSPS) is 25.7. The molecule has 5 nitrogen and oxygen atoms in total. The number of ketones is 1. The fourth-order valence-electron chi connectivity index (χ4n) is 5.37. The first-order valence-corrected chi connectivity index (χ1v) is 10.6. The Hall–Kier alpha value is -3.05. The topological polar surface area (TPSA) is 57.7 Å². The number of para-hydroxylation sites is 1. The van der Waals surface area contributed by atoms with Crippen LogP contribution in [-0.4, -0.2) is 34.6 Å². The van der Waals surface area contributed by atoms with Gasteiger partial charge in [-0.05, 0) is 44.4 Å². The number of aryl methyl sites for hydroxylation is 3. The number of amides is 2. The summed E-state index contributed by atoms with van der Waals surface area (Å²) in [6.07, 6.45) is 1.72. The molecule has 2 fully saturated rings. The Balaban J connectivity index is 1.77. The molecule has 0 bridgehead atoms. The minimum absolute atomic E-state index is 0.100. The van der Waals surface area contributed by atoms with Gasteiger partial charge >= 0.3 is 0 Å². The highest BCUT2D eigenvalue weighted by molar-refractivity contribution is 6.24. The highest BCUT2D eigenvalue weighted by Gasteiger charge is 2.62. The summed E-state index contributed by atoms with van der Waals surface area (Å²) in [6, 6.07) is 12.7. The zero-order chi connectivity index (χ0) is 22.4. The summed E-state index contributed by atoms with van der Waals surface area (Å²) in [5.41, 5.74) is 4.55. The van der Waals surface area contributed by atoms with E-state index in [1.54, 1.807) is 6.08 Å². The Labute approximate surface area is 183 Å². The van der Waals surface area contributed by atoms with Crippen molar-refractivity contribution in [2.45, 2.75) is 46.3 Å². The van der Waals surface area contributed by atoms with Gasteiger partial charge in [0.1, 0.15) is 5.78 Å². The maximum absolute atomic E-state index is 13.6. The number of benzene rings is 2. The van der Waals surface area contributed by atoms with Crippen LogP contribution in [0.4, 0.5) is 5.69 Å². The second kappa shape index (κ2) is 7.89. The van der Waals surface area contributed by atoms with E-state index in [2.05, 4.69) is 12.6 Å². The molecule has 2 aromatic carbocycles. The third-order valence-corrected chi connectivity index (χ3v) is 6.62. The second-order valence-electron chi connectivity index (χ2n) is 8.75. The van der Waals surface area contributed by atoms with Crippen molar-refractivity contribution >= 4 is 23.3 Å². The molecule has 4 rings (SSSR count). The Morgan fingerprint density at radius 3 is 2.19 bits per heavy atom. The summed E-state index contributed by atoms with van der Waals surface area (Å²) in [4.78, 5) is 43.3. The van der Waals surface area contributed by atoms with Crippen molar-refractivity contribution in [1.29, 1.82) is 0 Å². The maximum Gasteiger partial charge on any atom is 0.239 e. The number of anilines is 1. The fraction of sp³-hybridized carbons (Fsp3) is 0.346. The number of carbonyl (C=O) groups excluding carboxylic acids is 3. The van der Waals surface area contributed by atoms with Crippen molar-refractivity contribution in [3.63, 3.8) is 0 Å². The van der Waals surface area contributed by atoms with Crippen molar-refractivity contribution in [3.05, 3.63) is 77.4 Å². The van der Waals surface area contributed by atoms with E-state index in [-0.39, 0.29) is 23.6 Å². The largest absolute Gasteiger partial charge is 0.298 e. The molecule has 0 N–H and O–H groups in total. The molecule has 0 aromatic heterocycles. The molecular formula is C26H28N2O3. The lowest BCUT2D eigenvalue weighted by Gasteiger charge is -2.31. The molecule has 31 heavy (non-hydrogen) atoms. The van der Waals surface area contributed by atoms with Gasteiger partial charge in [0.2, 0.25) is 11.8 Å². The van der Waals surface area contributed by atoms with Gasteiger partial charge in [0.15, 0.2) is 0 Å². The number of hydrogen-bond donors (Lipinski definition) is 0. The van der Waals surface area contributed by atoms with Gasteiger partial charge in [-0.3, -0.25) is 19.3 Å². The van der Waals surface area contributed by atoms with Crippen molar-refractivity contribution in [3.8, 4) is 0 Å². The van der Waals surface area contributed by atoms with Gasteiger partial charge in [-0.15, -0.1) is 6.58 Å². The molecule has 0 spiro atoms. The lowest BCUT2D eigenvalue weighted by atomic mass is 9.88. The lowest BCUT2D eigenvalue weighted by molar-refractivity contribution is -0.129. The van der Waals surface area contributed by atoms with Crippen LogP contribution in [0, 0.1) is 32.6 Å². The van der Waals surface area contributed by atoms with E-state index in [0.717, 1.165) is 22.3 Å². The second-order valence-corrected chi connectivity index (χ2v) is 8.75. The summed E-state index contributed by atoms with van der Waals surface area (Å²) in [6.45, 7) is 11.8. The van der Waals surface area contributed by atoms with Crippen LogP contribution in [0.25, 0.3) is 0 Å². The van der Waals surface area contributed by atoms with Gasteiger partial charge in [0, 0.05) is 12.6 Å². The van der Waals surface area contributed by atoms with Crippen molar-refractivity contribution < 1.29 is 14.4 Å². The van der Waals surface area contributed by atoms with Crippen molar-refractivity contribution in [2.75, 3.05) is 4.90 Å². The van der Waals surface area contributed by atoms with Crippen LogP contribution in [0.3, 0.4) is 0 Å². The van der Waals surface area contributed by atoms with Crippen LogP contribution >= 0.6 is 0 Å². The molecule has 0 aliphatic carbocycles. The predicted molar refractivity (Wildman–Crippen MR) is 121 cm³/mol. The highest BCUT2D eigenvalue weighted by atomic mass is 16.2. The van der Waals surface area contributed by atoms with Gasteiger partial charge in [0.25, 0.3) is 0 Å². The molecule has 4 atom stereocenters. The number of likely N-dealkylation sites (tertiary alicyclic amines) is 1. The number of Topliss-reactive ketones (excluding diaryl/α,β-unsaturated/α-hetero) is 1. The Morgan fingerprint density at radius 1 is 1.00 bits per heavy atom. The Kier molecular flexibility index (Phi) is 5.40. The number of fused-ring (bicyclic) bond motifs is 1. The number of imide groups is 1. The first kappa shape index (κ1) is 21.2. The standard InChI is InChI=1S/C26H28N2O3/c1-6-20-21-22(24(18(5)29)27(20)14-19-12-7-9-15(2)13-19)26(31)28(25(21)30)23-16(3)10-8-11-17(23)4/h6-13,20-22,24H,1,14H2,2-5H3/t20-,21-,22-,24+/m0/s1. The SMILES string of the molecule is C=C[C@H]1[C@@H]2C(=O)N(c3c(C)cccc3C)C(=O)[C@@H]2[C@@H](C(C)=O)N1Cc1cccc(C)c1. The molecule has 2 aromatic rings. The zero-order valence-electron chi connectivity index (χ0n) is 18.5. The van der Waals surface area contributed by atoms with E-state index in [9.17, 15) is 14.4 Å². The van der Waals surface area contributed by atoms with Gasteiger partial charge in [-0.25, -0.2) is 4.90 Å². The molecular weight excluding hydrogens is 388 g/mol. The van der Waals surface area contributed by atoms with Crippen molar-refractivity contribution in [2.24, 2.45) is 11.8 Å². The molecule has 2 saturated heterocycles. The fourth-order valence-corrected chi connectivity index (χ4v) is 5.37. The maximum atomic E-state index is 13.6. The van der Waals surface area contributed by atoms with E-state index in [0.29, 0.717) is 12.2 Å². The molecule has 5 heteroatoms. The smallest absolute Gasteiger partial charge is 0.239 e. The van der Waals surface area contributed by atoms with Crippen LogP contribution in [0.2, 0.25) is 0 Å². The van der Waals surface area contributed by atoms with E-state index >= 15 is 0 Å². The predicted octanol–water partition coefficient (Wildman–Crippen LogP) is 3.75. The molecule has 2 heterocycles. The highest BCUT2D eigenvalue weighted by Crippen LogP contribution is 2.46. The Bertz CT molecular complexity index is 1070. The molecule has 0 radical (unpaired) electrons. The van der Waals surface area contributed by atoms with Gasteiger partial charge in [-0.1, -0.05) is 54.1 Å². The van der Waals surface area contributed by atoms with Crippen molar-refractivity contribution in [1.82, 2.24) is 4.90 Å². The van der Waals surface area contributed by atoms with Gasteiger partial charge in [-0.2, -0.15) is 0 Å². The average molecular weight is 417 g/mol. The minimum Gasteiger partial charge on any atom is -0.298 e. The van der Waals surface area contributed by atoms with E-state index < -0.39 is 17.9 Å². The Morgan fingerprint density at radius 2 is 1.61 bits per heavy atom. The van der Waals surface area contributed by atoms with E-state index in [1.807, 2.05) is 62.1 Å². The molecule has 160 valence electrons. The first-order chi connectivity index (χ1) is 14.8. The minimum atomic E-state index is -0.697. The van der Waals surface area contributed by atoms with Crippen LogP contribution < -0.4 is 4.90 Å². The third-order valence-electron chi connectivity index (χ3n) is 6.62. The number of hydrogen-bond acceptors (Lipinski definition) is 4. The molecule has 2 aliphatic heterocycles. The zero-order valence-corrected chi connectivity index (χ0v) is 18.5. The number of nitrogens with zero attached hydrogens (tertiary/aromatic N) is 2. The van der Waals surface area contributed by atoms with Crippen LogP contribution in [0.15, 0.2) is 55.1 Å². The van der Waals surface area contributed by atoms with E-state index in [1.165, 1.54) is 11.8 Å². The van der Waals surface area contributed by atoms with Gasteiger partial charge < -0.3 is 0 Å². The summed E-state index contributed by atoms with van der Waals surface area (Å²) in [7, 11) is 0. The molecule has 0 saturated carbocycles. The van der Waals surface area contributed by atoms with Gasteiger partial charge in [0.05, 0.1) is 23.6 Å². The molecule has 2 amide bonds. The summed E-state index contributed by atoms with van der Waals surface area (Å²) in [5, 5.41) is 0. The summed E-state index contributed by atoms with van der Waals surface area (Å²) >= 11 is 0. The number of carbonyl (C=O) groups is 3. The monoisotopic (exact) mass is 416 g/mol. The molecule has 0 unspecified atom stereocenters. The summed E-state index contributed by atoms with van der Waals surface area (Å²) < 4.78 is 0. The first-order valence-electron chi connectivity index (χ1n) is 10.6. The van der Waals surface area contributed by atoms with Crippen LogP contribution in [0.5, 0.6) is 0 Å². The number of rotatable bonds is 5. The lowest BCUT2D eigenvalue weighted by Crippen LogP contribution is -2.46. The quantitative estimate of drug-likeness (QED) is 0.550. The summed E-state index contributed by atoms with van der Waals surface area (Å²) in [5.74, 6) is -1.93.